The molecule has 0 bridgehead atoms. The van der Waals surface area contributed by atoms with Crippen LogP contribution in [0.4, 0.5) is 22.4 Å². The van der Waals surface area contributed by atoms with E-state index in [0.29, 0.717) is 62.5 Å². The molecule has 0 radical (unpaired) electrons. The Morgan fingerprint density at radius 3 is 1.24 bits per heavy atom. The Bertz CT molecular complexity index is 2970. The highest BCUT2D eigenvalue weighted by atomic mass is 32.2. The van der Waals surface area contributed by atoms with Gasteiger partial charge in [0.15, 0.2) is 0 Å². The fraction of sp³-hybridized carbons (Fsp3) is 0.542. The minimum absolute atomic E-state index is 0.0171. The van der Waals surface area contributed by atoms with E-state index in [1.807, 2.05) is 24.3 Å². The number of sulfonamides is 1. The third kappa shape index (κ3) is 19.7. The molecule has 8 N–H and O–H groups in total. The zero-order chi connectivity index (χ0) is 59.6. The maximum atomic E-state index is 13.8. The lowest BCUT2D eigenvalue weighted by Gasteiger charge is -2.43. The summed E-state index contributed by atoms with van der Waals surface area (Å²) in [4.78, 5) is 35.9. The molecule has 4 aromatic rings. The predicted molar refractivity (Wildman–Crippen MR) is 303 cm³/mol. The van der Waals surface area contributed by atoms with Crippen molar-refractivity contribution in [2.75, 3.05) is 25.6 Å². The van der Waals surface area contributed by atoms with Crippen LogP contribution in [-0.4, -0.2) is 106 Å². The van der Waals surface area contributed by atoms with Gasteiger partial charge in [-0.2, -0.15) is 0 Å². The van der Waals surface area contributed by atoms with Gasteiger partial charge in [-0.25, -0.2) is 39.1 Å². The first-order valence-electron chi connectivity index (χ1n) is 27.0. The smallest absolute Gasteiger partial charge is 0.336 e. The van der Waals surface area contributed by atoms with Crippen molar-refractivity contribution in [2.24, 2.45) is 0 Å². The number of halogens is 4. The van der Waals surface area contributed by atoms with Gasteiger partial charge in [0.25, 0.3) is 0 Å². The number of aliphatic hydroxyl groups is 2. The number of carbonyl (C=O) groups is 3. The van der Waals surface area contributed by atoms with E-state index >= 15 is 0 Å². The van der Waals surface area contributed by atoms with Gasteiger partial charge in [-0.05, 0) is 133 Å². The van der Waals surface area contributed by atoms with Crippen LogP contribution >= 0.6 is 0 Å². The Kier molecular flexibility index (Phi) is 22.3. The second-order valence-corrected chi connectivity index (χ2v) is 27.6. The van der Waals surface area contributed by atoms with Gasteiger partial charge >= 0.3 is 5.24 Å². The molecule has 0 aromatic heterocycles. The second-order valence-electron chi connectivity index (χ2n) is 23.9. The number of benzene rings is 4. The maximum Gasteiger partial charge on any atom is 0.336 e. The number of hydrogen-bond acceptors (Lipinski definition) is 11. The van der Waals surface area contributed by atoms with Crippen molar-refractivity contribution in [3.8, 4) is 0 Å². The Labute approximate surface area is 470 Å². The van der Waals surface area contributed by atoms with Crippen molar-refractivity contribution >= 4 is 36.9 Å². The molecule has 0 spiro atoms. The van der Waals surface area contributed by atoms with Crippen molar-refractivity contribution in [1.82, 2.24) is 31.3 Å². The van der Waals surface area contributed by atoms with Crippen LogP contribution in [0.25, 0.3) is 0 Å². The Morgan fingerprint density at radius 1 is 0.575 bits per heavy atom. The van der Waals surface area contributed by atoms with E-state index in [0.717, 1.165) is 46.9 Å². The van der Waals surface area contributed by atoms with E-state index in [9.17, 15) is 59.0 Å². The molecule has 80 heavy (non-hydrogen) atoms. The van der Waals surface area contributed by atoms with Crippen molar-refractivity contribution in [3.05, 3.63) is 142 Å². The number of carbonyl (C=O) groups excluding carboxylic acids is 3. The van der Waals surface area contributed by atoms with Crippen LogP contribution in [0, 0.1) is 23.3 Å². The molecule has 0 aliphatic heterocycles. The van der Waals surface area contributed by atoms with Gasteiger partial charge in [0.2, 0.25) is 31.7 Å². The summed E-state index contributed by atoms with van der Waals surface area (Å²) >= 11 is 0. The van der Waals surface area contributed by atoms with Gasteiger partial charge in [0.1, 0.15) is 23.3 Å². The fourth-order valence-electron chi connectivity index (χ4n) is 10.7. The zero-order valence-electron chi connectivity index (χ0n) is 47.6. The van der Waals surface area contributed by atoms with Crippen molar-refractivity contribution in [1.29, 1.82) is 0 Å². The number of amides is 3. The minimum Gasteiger partial charge on any atom is -0.390 e. The largest absolute Gasteiger partial charge is 0.390 e. The summed E-state index contributed by atoms with van der Waals surface area (Å²) in [6, 6.07) is 20.6. The first-order chi connectivity index (χ1) is 37.0. The lowest BCUT2D eigenvalue weighted by molar-refractivity contribution is -0.121. The first-order valence-corrected chi connectivity index (χ1v) is 30.8. The van der Waals surface area contributed by atoms with Gasteiger partial charge in [0.05, 0.1) is 30.5 Å². The molecule has 2 aliphatic carbocycles. The molecule has 15 nitrogen and oxygen atoms in total. The van der Waals surface area contributed by atoms with E-state index in [1.54, 1.807) is 0 Å². The molecule has 2 fully saturated rings. The lowest BCUT2D eigenvalue weighted by atomic mass is 9.73. The molecular formula is C59H82F4N6O9S2. The van der Waals surface area contributed by atoms with Crippen LogP contribution in [0.3, 0.4) is 0 Å². The molecule has 2 saturated carbocycles. The summed E-state index contributed by atoms with van der Waals surface area (Å²) in [5, 5.41) is 36.5. The average Bonchev–Trinajstić information content (AvgIpc) is 3.34. The molecule has 21 heteroatoms. The van der Waals surface area contributed by atoms with Crippen LogP contribution in [0.2, 0.25) is 0 Å². The van der Waals surface area contributed by atoms with Gasteiger partial charge in [-0.3, -0.25) is 14.4 Å². The van der Waals surface area contributed by atoms with E-state index in [4.69, 9.17) is 0 Å². The summed E-state index contributed by atoms with van der Waals surface area (Å²) < 4.78 is 105. The first kappa shape index (κ1) is 65.5. The number of sulfone groups is 1. The number of aliphatic hydroxyl groups excluding tert-OH is 2. The molecule has 442 valence electrons. The monoisotopic (exact) mass is 1160 g/mol. The van der Waals surface area contributed by atoms with Crippen molar-refractivity contribution in [3.63, 3.8) is 0 Å². The SMILES string of the molecule is CC(=O)NC(Cc1cc(F)cc(F)c1)C(O)CNC1(c2cccc(C(C)(C)C)c2)CCC(NC(=O)S(C)(=O)=O)CC1.CC(=O)NC(Cc1cc(F)cc(F)c1)C(O)CNC1(c2cccc(C(C)(C)C)c2)CCC(NS(C)(=O)=O)CC1. The van der Waals surface area contributed by atoms with Gasteiger partial charge in [-0.15, -0.1) is 0 Å². The fourth-order valence-corrected chi connectivity index (χ4v) is 11.9. The predicted octanol–water partition coefficient (Wildman–Crippen LogP) is 7.50. The molecular weight excluding hydrogens is 1080 g/mol. The average molecular weight is 1160 g/mol. The Morgan fingerprint density at radius 2 is 0.925 bits per heavy atom. The van der Waals surface area contributed by atoms with Crippen LogP contribution in [0.15, 0.2) is 84.9 Å². The third-order valence-electron chi connectivity index (χ3n) is 15.0. The molecule has 4 unspecified atom stereocenters. The third-order valence-corrected chi connectivity index (χ3v) is 16.6. The molecule has 4 atom stereocenters. The van der Waals surface area contributed by atoms with E-state index < -0.39 is 83.7 Å². The highest BCUT2D eigenvalue weighted by molar-refractivity contribution is 8.05. The molecule has 0 heterocycles. The number of rotatable bonds is 19. The van der Waals surface area contributed by atoms with Crippen molar-refractivity contribution in [2.45, 2.75) is 178 Å². The summed E-state index contributed by atoms with van der Waals surface area (Å²) in [6.07, 6.45) is 4.48. The normalized spacial score (nSPS) is 21.4. The Hall–Kier alpha value is -5.29. The molecule has 4 aromatic carbocycles. The van der Waals surface area contributed by atoms with E-state index in [2.05, 4.69) is 97.1 Å². The van der Waals surface area contributed by atoms with Gasteiger partial charge in [-0.1, -0.05) is 90.1 Å². The minimum atomic E-state index is -3.86. The van der Waals surface area contributed by atoms with E-state index in [-0.39, 0.29) is 60.7 Å². The zero-order valence-corrected chi connectivity index (χ0v) is 49.2. The molecule has 2 aliphatic rings. The quantitative estimate of drug-likeness (QED) is 0.0429. The van der Waals surface area contributed by atoms with Crippen LogP contribution in [0.1, 0.15) is 140 Å². The van der Waals surface area contributed by atoms with Crippen LogP contribution in [-0.2, 0) is 64.2 Å². The summed E-state index contributed by atoms with van der Waals surface area (Å²) in [6.45, 7) is 15.5. The molecule has 3 amide bonds. The summed E-state index contributed by atoms with van der Waals surface area (Å²) in [5.41, 5.74) is 3.59. The van der Waals surface area contributed by atoms with Crippen LogP contribution < -0.4 is 31.3 Å². The van der Waals surface area contributed by atoms with E-state index in [1.165, 1.54) is 38.1 Å². The summed E-state index contributed by atoms with van der Waals surface area (Å²) in [7, 11) is -7.20. The maximum absolute atomic E-state index is 13.8. The topological polar surface area (TPSA) is 232 Å². The number of hydrogen-bond donors (Lipinski definition) is 8. The van der Waals surface area contributed by atoms with Crippen molar-refractivity contribution < 1.29 is 59.0 Å². The lowest BCUT2D eigenvalue weighted by Crippen LogP contribution is -2.55. The highest BCUT2D eigenvalue weighted by Crippen LogP contribution is 2.41. The second kappa shape index (κ2) is 27.2. The molecule has 6 rings (SSSR count). The summed E-state index contributed by atoms with van der Waals surface area (Å²) in [5.74, 6) is -3.69. The van der Waals surface area contributed by atoms with Gasteiger partial charge in [0, 0.05) is 68.5 Å². The Balaban J connectivity index is 0.000000294. The highest BCUT2D eigenvalue weighted by Gasteiger charge is 2.41. The molecule has 0 saturated heterocycles. The van der Waals surface area contributed by atoms with Gasteiger partial charge < -0.3 is 36.8 Å². The van der Waals surface area contributed by atoms with Crippen LogP contribution in [0.5, 0.6) is 0 Å². The standard InChI is InChI=1S/C30H41F2N3O5S.C29H41F2N3O4S/c1-19(36)34-26(15-20-13-23(31)17-24(32)14-20)27(37)18-33-30(22-8-6-7-21(16-22)29(2,3)4)11-9-25(10-12-30)35-28(38)41(5,39)40;1-19(35)33-26(15-20-13-23(30)17-24(31)14-20)27(36)18-32-29(11-9-25(10-12-29)34-39(5,37)38)22-8-6-7-21(16-22)28(2,3)4/h6-8,13-14,16-17,25-27,33,37H,9-12,15,18H2,1-5H3,(H,34,36)(H,35,38);6-8,13-14,16-17,25-27,32,34,36H,9-12,15,18H2,1-5H3,(H,33,35). The number of nitrogens with one attached hydrogen (secondary N) is 6.